The number of rotatable bonds is 3. The normalized spacial score (nSPS) is 11.0. The lowest BCUT2D eigenvalue weighted by atomic mass is 10.1. The van der Waals surface area contributed by atoms with Gasteiger partial charge in [-0.25, -0.2) is 4.68 Å². The molecule has 3 nitrogen and oxygen atoms in total. The number of aromatic nitrogens is 2. The molecule has 2 aromatic rings. The minimum absolute atomic E-state index is 0.438. The van der Waals surface area contributed by atoms with Crippen molar-refractivity contribution in [1.82, 2.24) is 9.78 Å². The van der Waals surface area contributed by atoms with Crippen LogP contribution in [0.4, 0.5) is 0 Å². The molecule has 0 atom stereocenters. The van der Waals surface area contributed by atoms with Crippen molar-refractivity contribution in [3.63, 3.8) is 0 Å². The molecule has 0 saturated carbocycles. The fourth-order valence-electron chi connectivity index (χ4n) is 1.73. The maximum Gasteiger partial charge on any atom is 0.0767 e. The van der Waals surface area contributed by atoms with Crippen molar-refractivity contribution in [1.29, 1.82) is 0 Å². The molecule has 0 amide bonds. The molecule has 0 bridgehead atoms. The largest absolute Gasteiger partial charge is 0.325 e. The zero-order valence-corrected chi connectivity index (χ0v) is 9.72. The highest BCUT2D eigenvalue weighted by Gasteiger charge is 2.11. The van der Waals surface area contributed by atoms with Crippen molar-refractivity contribution >= 4 is 0 Å². The predicted octanol–water partition coefficient (Wildman–Crippen LogP) is 2.45. The van der Waals surface area contributed by atoms with Crippen LogP contribution in [0.2, 0.25) is 0 Å². The molecule has 0 aliphatic heterocycles. The number of nitrogens with zero attached hydrogens (tertiary/aromatic N) is 2. The Hall–Kier alpha value is -1.61. The van der Waals surface area contributed by atoms with Crippen LogP contribution in [0.5, 0.6) is 0 Å². The molecule has 0 saturated heterocycles. The van der Waals surface area contributed by atoms with Crippen LogP contribution in [-0.2, 0) is 6.54 Å². The van der Waals surface area contributed by atoms with Gasteiger partial charge in [0.05, 0.1) is 11.4 Å². The summed E-state index contributed by atoms with van der Waals surface area (Å²) in [6.45, 7) is 4.81. The van der Waals surface area contributed by atoms with Gasteiger partial charge in [-0.1, -0.05) is 32.0 Å². The van der Waals surface area contributed by atoms with Crippen LogP contribution in [0.3, 0.4) is 0 Å². The molecule has 16 heavy (non-hydrogen) atoms. The summed E-state index contributed by atoms with van der Waals surface area (Å²) in [5, 5.41) is 4.51. The molecule has 1 heterocycles. The van der Waals surface area contributed by atoms with Gasteiger partial charge in [0.2, 0.25) is 0 Å². The van der Waals surface area contributed by atoms with Crippen LogP contribution in [0.25, 0.3) is 5.69 Å². The summed E-state index contributed by atoms with van der Waals surface area (Å²) in [4.78, 5) is 0. The van der Waals surface area contributed by atoms with Crippen LogP contribution >= 0.6 is 0 Å². The van der Waals surface area contributed by atoms with E-state index in [-0.39, 0.29) is 0 Å². The number of para-hydroxylation sites is 1. The maximum atomic E-state index is 5.63. The fourth-order valence-corrected chi connectivity index (χ4v) is 1.73. The Bertz CT molecular complexity index is 457. The predicted molar refractivity (Wildman–Crippen MR) is 65.5 cm³/mol. The van der Waals surface area contributed by atoms with Crippen LogP contribution in [0.1, 0.15) is 31.2 Å². The van der Waals surface area contributed by atoms with E-state index < -0.39 is 0 Å². The summed E-state index contributed by atoms with van der Waals surface area (Å²) in [5.41, 5.74) is 8.86. The summed E-state index contributed by atoms with van der Waals surface area (Å²) in [5.74, 6) is 0.438. The van der Waals surface area contributed by atoms with Crippen molar-refractivity contribution in [2.75, 3.05) is 0 Å². The van der Waals surface area contributed by atoms with E-state index in [0.717, 1.165) is 11.4 Å². The summed E-state index contributed by atoms with van der Waals surface area (Å²) in [6.07, 6.45) is 0. The molecular formula is C13H17N3. The standard InChI is InChI=1S/C13H17N3/c1-10(2)13-8-11(9-14)15-16(13)12-6-4-3-5-7-12/h3-8,10H,9,14H2,1-2H3. The second-order valence-corrected chi connectivity index (χ2v) is 4.17. The van der Waals surface area contributed by atoms with Gasteiger partial charge in [0.1, 0.15) is 0 Å². The zero-order valence-electron chi connectivity index (χ0n) is 9.72. The van der Waals surface area contributed by atoms with Crippen LogP contribution < -0.4 is 5.73 Å². The first-order valence-corrected chi connectivity index (χ1v) is 5.56. The molecule has 3 heteroatoms. The van der Waals surface area contributed by atoms with Crippen molar-refractivity contribution < 1.29 is 0 Å². The molecule has 0 aliphatic carbocycles. The molecule has 0 fully saturated rings. The van der Waals surface area contributed by atoms with E-state index >= 15 is 0 Å². The lowest BCUT2D eigenvalue weighted by molar-refractivity contribution is 0.727. The van der Waals surface area contributed by atoms with E-state index in [1.165, 1.54) is 5.69 Å². The molecule has 0 spiro atoms. The third-order valence-corrected chi connectivity index (χ3v) is 2.59. The van der Waals surface area contributed by atoms with Gasteiger partial charge in [0.15, 0.2) is 0 Å². The molecule has 84 valence electrons. The minimum Gasteiger partial charge on any atom is -0.325 e. The Kier molecular flexibility index (Phi) is 3.06. The highest BCUT2D eigenvalue weighted by atomic mass is 15.3. The van der Waals surface area contributed by atoms with E-state index in [1.807, 2.05) is 22.9 Å². The summed E-state index contributed by atoms with van der Waals surface area (Å²) >= 11 is 0. The first-order valence-electron chi connectivity index (χ1n) is 5.56. The van der Waals surface area contributed by atoms with Crippen molar-refractivity contribution in [3.05, 3.63) is 47.8 Å². The zero-order chi connectivity index (χ0) is 11.5. The Morgan fingerprint density at radius 1 is 1.25 bits per heavy atom. The van der Waals surface area contributed by atoms with Gasteiger partial charge < -0.3 is 5.73 Å². The van der Waals surface area contributed by atoms with Crippen molar-refractivity contribution in [3.8, 4) is 5.69 Å². The first-order chi connectivity index (χ1) is 7.72. The first kappa shape index (κ1) is 10.9. The molecule has 2 N–H and O–H groups in total. The molecule has 0 unspecified atom stereocenters. The highest BCUT2D eigenvalue weighted by Crippen LogP contribution is 2.19. The molecule has 1 aromatic carbocycles. The Labute approximate surface area is 95.9 Å². The molecule has 2 rings (SSSR count). The van der Waals surface area contributed by atoms with E-state index in [4.69, 9.17) is 5.73 Å². The maximum absolute atomic E-state index is 5.63. The average molecular weight is 215 g/mol. The monoisotopic (exact) mass is 215 g/mol. The minimum atomic E-state index is 0.438. The Morgan fingerprint density at radius 3 is 2.50 bits per heavy atom. The summed E-state index contributed by atoms with van der Waals surface area (Å²) in [7, 11) is 0. The smallest absolute Gasteiger partial charge is 0.0767 e. The van der Waals surface area contributed by atoms with Crippen molar-refractivity contribution in [2.45, 2.75) is 26.3 Å². The van der Waals surface area contributed by atoms with E-state index in [0.29, 0.717) is 12.5 Å². The molecule has 1 aromatic heterocycles. The molecule has 0 aliphatic rings. The van der Waals surface area contributed by atoms with Crippen LogP contribution in [-0.4, -0.2) is 9.78 Å². The number of hydrogen-bond acceptors (Lipinski definition) is 2. The number of nitrogens with two attached hydrogens (primary N) is 1. The molecular weight excluding hydrogens is 198 g/mol. The second kappa shape index (κ2) is 4.49. The Balaban J connectivity index is 2.51. The van der Waals surface area contributed by atoms with Gasteiger partial charge in [-0.15, -0.1) is 0 Å². The van der Waals surface area contributed by atoms with Gasteiger partial charge in [0, 0.05) is 12.2 Å². The average Bonchev–Trinajstić information content (AvgIpc) is 2.74. The van der Waals surface area contributed by atoms with E-state index in [1.54, 1.807) is 0 Å². The van der Waals surface area contributed by atoms with Gasteiger partial charge in [0.25, 0.3) is 0 Å². The van der Waals surface area contributed by atoms with Crippen LogP contribution in [0.15, 0.2) is 36.4 Å². The number of hydrogen-bond donors (Lipinski definition) is 1. The Morgan fingerprint density at radius 2 is 1.94 bits per heavy atom. The third-order valence-electron chi connectivity index (χ3n) is 2.59. The van der Waals surface area contributed by atoms with Crippen molar-refractivity contribution in [2.24, 2.45) is 5.73 Å². The van der Waals surface area contributed by atoms with E-state index in [2.05, 4.69) is 37.1 Å². The lowest BCUT2D eigenvalue weighted by Crippen LogP contribution is -2.04. The summed E-state index contributed by atoms with van der Waals surface area (Å²) in [6, 6.07) is 12.2. The lowest BCUT2D eigenvalue weighted by Gasteiger charge is -2.09. The fraction of sp³-hybridized carbons (Fsp3) is 0.308. The second-order valence-electron chi connectivity index (χ2n) is 4.17. The summed E-state index contributed by atoms with van der Waals surface area (Å²) < 4.78 is 1.98. The van der Waals surface area contributed by atoms with Gasteiger partial charge >= 0.3 is 0 Å². The quantitative estimate of drug-likeness (QED) is 0.854. The highest BCUT2D eigenvalue weighted by molar-refractivity contribution is 5.34. The van der Waals surface area contributed by atoms with Gasteiger partial charge in [-0.2, -0.15) is 5.10 Å². The number of benzene rings is 1. The van der Waals surface area contributed by atoms with Gasteiger partial charge in [-0.05, 0) is 24.1 Å². The molecule has 0 radical (unpaired) electrons. The van der Waals surface area contributed by atoms with Gasteiger partial charge in [-0.3, -0.25) is 0 Å². The third kappa shape index (κ3) is 1.99. The SMILES string of the molecule is CC(C)c1cc(CN)nn1-c1ccccc1. The van der Waals surface area contributed by atoms with Crippen LogP contribution in [0, 0.1) is 0 Å². The topological polar surface area (TPSA) is 43.8 Å². The van der Waals surface area contributed by atoms with E-state index in [9.17, 15) is 0 Å².